The molecule has 16 heteroatoms. The van der Waals surface area contributed by atoms with Crippen molar-refractivity contribution in [3.63, 3.8) is 0 Å². The Hall–Kier alpha value is -1.16. The molecule has 6 aliphatic heterocycles. The molecule has 6 saturated carbocycles. The summed E-state index contributed by atoms with van der Waals surface area (Å²) in [6.45, 7) is 20.6. The van der Waals surface area contributed by atoms with Crippen LogP contribution in [-0.4, -0.2) is 153 Å². The lowest BCUT2D eigenvalue weighted by Gasteiger charge is -2.58. The van der Waals surface area contributed by atoms with E-state index in [0.29, 0.717) is 94.1 Å². The van der Waals surface area contributed by atoms with E-state index in [1.165, 1.54) is 62.5 Å². The van der Waals surface area contributed by atoms with E-state index in [1.807, 2.05) is 0 Å². The van der Waals surface area contributed by atoms with Crippen molar-refractivity contribution in [1.82, 2.24) is 0 Å². The maximum absolute atomic E-state index is 10.4. The van der Waals surface area contributed by atoms with Crippen molar-refractivity contribution in [2.45, 2.75) is 256 Å². The lowest BCUT2D eigenvalue weighted by molar-refractivity contribution is -0.272. The highest BCUT2D eigenvalue weighted by Crippen LogP contribution is 2.73. The van der Waals surface area contributed by atoms with Gasteiger partial charge in [0.2, 0.25) is 0 Å². The van der Waals surface area contributed by atoms with Crippen LogP contribution in [0.3, 0.4) is 0 Å². The van der Waals surface area contributed by atoms with E-state index in [-0.39, 0.29) is 58.8 Å². The number of hydrogen-bond donors (Lipinski definition) is 6. The van der Waals surface area contributed by atoms with Gasteiger partial charge in [0.1, 0.15) is 36.6 Å². The van der Waals surface area contributed by atoms with Crippen LogP contribution in [0.5, 0.6) is 0 Å². The van der Waals surface area contributed by atoms with Gasteiger partial charge < -0.3 is 79.5 Å². The first-order valence-corrected chi connectivity index (χ1v) is 31.8. The van der Waals surface area contributed by atoms with Crippen molar-refractivity contribution >= 4 is 0 Å². The third kappa shape index (κ3) is 9.23. The molecule has 0 unspecified atom stereocenters. The van der Waals surface area contributed by atoms with Crippen LogP contribution in [0.25, 0.3) is 0 Å². The average molecular weight is 1130 g/mol. The van der Waals surface area contributed by atoms with Crippen LogP contribution in [0.4, 0.5) is 0 Å². The molecule has 2 spiro atoms. The lowest BCUT2D eigenvalue weighted by Crippen LogP contribution is -2.52. The summed E-state index contributed by atoms with van der Waals surface area (Å²) >= 11 is 0. The molecule has 0 radical (unpaired) electrons. The van der Waals surface area contributed by atoms with Gasteiger partial charge in [0, 0.05) is 24.7 Å². The molecule has 10 N–H and O–H groups in total. The van der Waals surface area contributed by atoms with Crippen molar-refractivity contribution in [2.75, 3.05) is 26.4 Å². The molecule has 0 aromatic heterocycles. The summed E-state index contributed by atoms with van der Waals surface area (Å²) < 4.78 is 50.5. The third-order valence-electron chi connectivity index (χ3n) is 26.3. The molecule has 14 aliphatic rings. The van der Waals surface area contributed by atoms with Crippen LogP contribution in [0.15, 0.2) is 23.3 Å². The van der Waals surface area contributed by atoms with Crippen LogP contribution in [-0.2, 0) is 37.9 Å². The Morgan fingerprint density at radius 1 is 0.512 bits per heavy atom. The first-order valence-electron chi connectivity index (χ1n) is 31.8. The SMILES string of the molecule is C[C@@H]1CC[C@@]2(OC1)O[C@H]1C[C@H]3[C@@H]4CC=C5C[C@@H](O[C@@H]6O[C@H](CO)[C@@H](O)[C@H]6O)CC[C@]5(C)[C@H]4CC[C@]3(C)[C@H]1[C@@H]2C.C[C@@H]1CC[C@@]2(OC1)O[C@H]1C[C@H]3[C@@H]4CC=C5C[C@@H](O[C@@H]6O[C@H](CO)[C@@H](O)[C@H]6O)CC[C@]5(C)[C@H]4CC[C@]3(C)[C@H]1[C@@H]2C.O.O. The van der Waals surface area contributed by atoms with Gasteiger partial charge in [0.25, 0.3) is 0 Å². The van der Waals surface area contributed by atoms with Gasteiger partial charge in [-0.3, -0.25) is 0 Å². The Balaban J connectivity index is 0.000000165. The Bertz CT molecular complexity index is 2110. The van der Waals surface area contributed by atoms with Gasteiger partial charge in [-0.1, -0.05) is 78.7 Å². The summed E-state index contributed by atoms with van der Waals surface area (Å²) in [4.78, 5) is 0. The second-order valence-electron chi connectivity index (χ2n) is 30.0. The van der Waals surface area contributed by atoms with E-state index in [9.17, 15) is 30.6 Å². The van der Waals surface area contributed by atoms with Crippen LogP contribution >= 0.6 is 0 Å². The molecule has 0 bridgehead atoms. The van der Waals surface area contributed by atoms with Gasteiger partial charge in [-0.25, -0.2) is 0 Å². The predicted octanol–water partition coefficient (Wildman–Crippen LogP) is 6.71. The Morgan fingerprint density at radius 2 is 0.912 bits per heavy atom. The van der Waals surface area contributed by atoms with Crippen LogP contribution in [0.2, 0.25) is 0 Å². The minimum atomic E-state index is -1.12. The number of aliphatic hydroxyl groups excluding tert-OH is 6. The molecule has 0 aromatic rings. The monoisotopic (exact) mass is 1130 g/mol. The largest absolute Gasteiger partial charge is 0.412 e. The molecular weight excluding hydrogens is 1020 g/mol. The van der Waals surface area contributed by atoms with Gasteiger partial charge in [-0.15, -0.1) is 0 Å². The molecule has 8 aliphatic carbocycles. The third-order valence-corrected chi connectivity index (χ3v) is 26.3. The topological polar surface area (TPSA) is 258 Å². The summed E-state index contributed by atoms with van der Waals surface area (Å²) in [5.74, 6) is 6.89. The highest BCUT2D eigenvalue weighted by Gasteiger charge is 2.71. The molecular formula is C64H104O16. The summed E-state index contributed by atoms with van der Waals surface area (Å²) in [6, 6.07) is 0. The number of allylic oxidation sites excluding steroid dienone is 2. The van der Waals surface area contributed by atoms with E-state index in [2.05, 4.69) is 67.5 Å². The van der Waals surface area contributed by atoms with Gasteiger partial charge in [-0.05, 0) is 184 Å². The van der Waals surface area contributed by atoms with Gasteiger partial charge in [0.15, 0.2) is 24.2 Å². The molecule has 6 saturated heterocycles. The molecule has 16 nitrogen and oxygen atoms in total. The van der Waals surface area contributed by atoms with E-state index in [0.717, 1.165) is 77.4 Å². The standard InChI is InChI=1S/2C32H50O7.2H2O/c2*1-17-7-12-32(36-16-17)18(2)26-24(39-32)14-23-21-6-5-19-13-20(37-29-28(35)27(34)25(15-33)38-29)8-10-30(19,3)22(21)9-11-31(23,26)4;;/h2*5,17-18,20-29,33-35H,6-16H2,1-4H3;2*1H2/t2*17-,18+,20+,21-,22+,23+,24+,25-,26+,27-,28-,29-,30+,31+,32-;;/m11../s1. The first-order chi connectivity index (χ1) is 37.2. The Morgan fingerprint density at radius 3 is 1.26 bits per heavy atom. The number of hydrogen-bond acceptors (Lipinski definition) is 14. The summed E-state index contributed by atoms with van der Waals surface area (Å²) in [5.41, 5.74) is 4.07. The molecule has 80 heavy (non-hydrogen) atoms. The molecule has 456 valence electrons. The van der Waals surface area contributed by atoms with Crippen molar-refractivity contribution in [2.24, 2.45) is 92.7 Å². The van der Waals surface area contributed by atoms with E-state index >= 15 is 0 Å². The Labute approximate surface area is 476 Å². The number of aliphatic hydroxyl groups is 6. The van der Waals surface area contributed by atoms with E-state index < -0.39 is 49.2 Å². The summed E-state index contributed by atoms with van der Waals surface area (Å²) in [7, 11) is 0. The fourth-order valence-electron chi connectivity index (χ4n) is 21.9. The highest BCUT2D eigenvalue weighted by atomic mass is 16.7. The van der Waals surface area contributed by atoms with Crippen molar-refractivity contribution in [3.05, 3.63) is 23.3 Å². The highest BCUT2D eigenvalue weighted by molar-refractivity contribution is 5.28. The van der Waals surface area contributed by atoms with Crippen LogP contribution < -0.4 is 0 Å². The normalized spacial score (nSPS) is 57.0. The average Bonchev–Trinajstić information content (AvgIpc) is 4.18. The van der Waals surface area contributed by atoms with Crippen LogP contribution in [0, 0.1) is 92.7 Å². The van der Waals surface area contributed by atoms with Gasteiger partial charge in [-0.2, -0.15) is 0 Å². The fourth-order valence-corrected chi connectivity index (χ4v) is 21.9. The quantitative estimate of drug-likeness (QED) is 0.151. The van der Waals surface area contributed by atoms with Crippen molar-refractivity contribution in [3.8, 4) is 0 Å². The van der Waals surface area contributed by atoms with E-state index in [4.69, 9.17) is 37.9 Å². The van der Waals surface area contributed by atoms with Gasteiger partial charge in [0.05, 0.1) is 50.8 Å². The Kier molecular flexibility index (Phi) is 16.6. The molecule has 30 atom stereocenters. The number of ether oxygens (including phenoxy) is 8. The number of fused-ring (bicyclic) bond motifs is 14. The maximum atomic E-state index is 10.4. The molecule has 0 aromatic carbocycles. The smallest absolute Gasteiger partial charge is 0.186 e. The minimum absolute atomic E-state index is 0. The predicted molar refractivity (Wildman–Crippen MR) is 296 cm³/mol. The molecule has 14 rings (SSSR count). The summed E-state index contributed by atoms with van der Waals surface area (Å²) in [6.07, 6.45) is 17.9. The first kappa shape index (κ1) is 60.5. The molecule has 6 heterocycles. The molecule has 0 amide bonds. The zero-order valence-corrected chi connectivity index (χ0v) is 49.5. The van der Waals surface area contributed by atoms with Crippen molar-refractivity contribution < 1.29 is 79.5 Å². The maximum Gasteiger partial charge on any atom is 0.186 e. The molecule has 12 fully saturated rings. The fraction of sp³-hybridized carbons (Fsp3) is 0.938. The van der Waals surface area contributed by atoms with Crippen LogP contribution in [0.1, 0.15) is 171 Å². The second kappa shape index (κ2) is 21.9. The van der Waals surface area contributed by atoms with Gasteiger partial charge >= 0.3 is 0 Å². The minimum Gasteiger partial charge on any atom is -0.412 e. The van der Waals surface area contributed by atoms with Crippen molar-refractivity contribution in [1.29, 1.82) is 0 Å². The lowest BCUT2D eigenvalue weighted by atomic mass is 9.47. The zero-order chi connectivity index (χ0) is 54.6. The second-order valence-corrected chi connectivity index (χ2v) is 30.0. The zero-order valence-electron chi connectivity index (χ0n) is 49.5. The number of rotatable bonds is 6. The van der Waals surface area contributed by atoms with E-state index in [1.54, 1.807) is 0 Å². The summed E-state index contributed by atoms with van der Waals surface area (Å²) in [5, 5.41) is 59.9.